The molecule has 2 heterocycles. The van der Waals surface area contributed by atoms with E-state index in [0.29, 0.717) is 92.5 Å². The molecule has 0 bridgehead atoms. The largest absolute Gasteiger partial charge is 0.462 e. The summed E-state index contributed by atoms with van der Waals surface area (Å²) in [6, 6.07) is -1.67. The van der Waals surface area contributed by atoms with Crippen molar-refractivity contribution in [3.63, 3.8) is 0 Å². The topological polar surface area (TPSA) is 382 Å². The minimum absolute atomic E-state index is 0.0167. The van der Waals surface area contributed by atoms with E-state index in [1.54, 1.807) is 6.92 Å². The second kappa shape index (κ2) is 35.7. The van der Waals surface area contributed by atoms with E-state index in [0.717, 1.165) is 6.92 Å². The molecule has 0 aromatic carbocycles. The monoisotopic (exact) mass is 1110 g/mol. The minimum Gasteiger partial charge on any atom is -0.462 e. The highest BCUT2D eigenvalue weighted by atomic mass is 16.7. The Kier molecular flexibility index (Phi) is 31.7. The lowest BCUT2D eigenvalue weighted by Crippen LogP contribution is -2.74. The molecule has 0 aromatic rings. The van der Waals surface area contributed by atoms with E-state index in [1.165, 1.54) is 20.8 Å². The van der Waals surface area contributed by atoms with Gasteiger partial charge in [-0.05, 0) is 78.7 Å². The fourth-order valence-electron chi connectivity index (χ4n) is 8.31. The predicted octanol–water partition coefficient (Wildman–Crippen LogP) is -0.380. The van der Waals surface area contributed by atoms with Gasteiger partial charge in [-0.15, -0.1) is 0 Å². The molecule has 6 amide bonds. The van der Waals surface area contributed by atoms with Crippen LogP contribution in [-0.4, -0.2) is 218 Å². The lowest BCUT2D eigenvalue weighted by Gasteiger charge is -2.52. The fourth-order valence-corrected chi connectivity index (χ4v) is 8.31. The van der Waals surface area contributed by atoms with Crippen molar-refractivity contribution in [1.29, 1.82) is 0 Å². The molecule has 2 aliphatic heterocycles. The van der Waals surface area contributed by atoms with Crippen molar-refractivity contribution >= 4 is 47.2 Å². The number of hydrogen-bond donors (Lipinski definition) is 11. The number of hydrogen-bond acceptors (Lipinski definition) is 21. The molecular weight excluding hydrogens is 1020 g/mol. The van der Waals surface area contributed by atoms with Crippen LogP contribution in [0.1, 0.15) is 138 Å². The van der Waals surface area contributed by atoms with Crippen LogP contribution in [0.2, 0.25) is 0 Å². The van der Waals surface area contributed by atoms with Crippen molar-refractivity contribution in [2.24, 2.45) is 0 Å². The first-order chi connectivity index (χ1) is 36.3. The first-order valence-electron chi connectivity index (χ1n) is 26.6. The van der Waals surface area contributed by atoms with Crippen molar-refractivity contribution in [2.45, 2.75) is 205 Å². The molecule has 77 heavy (non-hydrogen) atoms. The summed E-state index contributed by atoms with van der Waals surface area (Å²) >= 11 is 0. The number of nitrogens with one attached hydrogen (secondary N) is 4. The van der Waals surface area contributed by atoms with Gasteiger partial charge in [0.1, 0.15) is 36.6 Å². The summed E-state index contributed by atoms with van der Waals surface area (Å²) in [5, 5.41) is 87.9. The van der Waals surface area contributed by atoms with Crippen molar-refractivity contribution < 1.29 is 98.1 Å². The molecule has 2 rings (SSSR count). The van der Waals surface area contributed by atoms with E-state index >= 15 is 0 Å². The van der Waals surface area contributed by atoms with Gasteiger partial charge in [0.05, 0.1) is 31.5 Å². The molecule has 0 aliphatic carbocycles. The molecule has 2 saturated heterocycles. The number of carbonyl (C=O) groups excluding carboxylic acids is 8. The number of amides is 6. The molecule has 27 heteroatoms. The van der Waals surface area contributed by atoms with E-state index in [1.807, 2.05) is 6.92 Å². The van der Waals surface area contributed by atoms with Gasteiger partial charge in [-0.3, -0.25) is 49.2 Å². The maximum Gasteiger partial charge on any atom is 0.333 e. The molecule has 0 saturated carbocycles. The van der Waals surface area contributed by atoms with Crippen LogP contribution in [0.4, 0.5) is 0 Å². The fraction of sp³-hybridized carbons (Fsp3) is 0.800. The maximum atomic E-state index is 13.7. The normalized spacial score (nSPS) is 24.5. The van der Waals surface area contributed by atoms with E-state index in [-0.39, 0.29) is 82.9 Å². The summed E-state index contributed by atoms with van der Waals surface area (Å²) in [4.78, 5) is 98.3. The Balaban J connectivity index is 1.79. The summed E-state index contributed by atoms with van der Waals surface area (Å²) in [6.07, 6.45) is -9.08. The highest BCUT2D eigenvalue weighted by Gasteiger charge is 2.60. The van der Waals surface area contributed by atoms with Gasteiger partial charge in [-0.2, -0.15) is 0 Å². The summed E-state index contributed by atoms with van der Waals surface area (Å²) in [6.45, 7) is 12.8. The predicted molar refractivity (Wildman–Crippen MR) is 270 cm³/mol. The Bertz CT molecular complexity index is 1900. The first-order valence-corrected chi connectivity index (χ1v) is 26.6. The van der Waals surface area contributed by atoms with E-state index in [9.17, 15) is 74.4 Å². The van der Waals surface area contributed by atoms with Crippen LogP contribution in [0.5, 0.6) is 0 Å². The zero-order valence-electron chi connectivity index (χ0n) is 45.5. The van der Waals surface area contributed by atoms with Gasteiger partial charge in [0, 0.05) is 84.2 Å². The second-order valence-electron chi connectivity index (χ2n) is 19.5. The number of hydroxylamine groups is 6. The number of unbranched alkanes of at least 4 members (excludes halogenated alkanes) is 5. The third-order valence-corrected chi connectivity index (χ3v) is 12.7. The average molecular weight is 1110 g/mol. The van der Waals surface area contributed by atoms with Crippen LogP contribution in [0.3, 0.4) is 0 Å². The highest BCUT2D eigenvalue weighted by Crippen LogP contribution is 2.37. The summed E-state index contributed by atoms with van der Waals surface area (Å²) in [7, 11) is 0. The number of aliphatic hydroxyl groups excluding tert-OH is 3. The smallest absolute Gasteiger partial charge is 0.333 e. The summed E-state index contributed by atoms with van der Waals surface area (Å²) < 4.78 is 29.3. The van der Waals surface area contributed by atoms with Gasteiger partial charge in [0.15, 0.2) is 12.1 Å². The summed E-state index contributed by atoms with van der Waals surface area (Å²) in [5.41, 5.74) is 0.114. The zero-order chi connectivity index (χ0) is 57.8. The molecule has 5 unspecified atom stereocenters. The number of carbonyl (C=O) groups is 8. The molecule has 2 aliphatic rings. The highest BCUT2D eigenvalue weighted by molar-refractivity contribution is 5.87. The molecule has 0 radical (unpaired) electrons. The Morgan fingerprint density at radius 3 is 1.79 bits per heavy atom. The van der Waals surface area contributed by atoms with Gasteiger partial charge in [-0.1, -0.05) is 26.3 Å². The Morgan fingerprint density at radius 2 is 1.26 bits per heavy atom. The Hall–Kier alpha value is -4.78. The number of aliphatic hydroxyl groups is 4. The molecular formula is C50H87N7O20. The SMILES string of the molecule is C=C(C)C(=O)OCCC1O[C@@H](O[C@@H]2C(C(=O)CNCCCCCN(O)C(=O)CCC(=O)NCCCCCN(O)C(=O)CCC(=O)NCCCCN(O)C(C)=O)OC(C)C(O)[C@H]2O)C(NC(C)=O)[C@@](O)(O[C@@H](C)CCC)[C@@H]1O. The molecule has 0 aromatic heterocycles. The minimum atomic E-state index is -2.58. The molecule has 27 nitrogen and oxygen atoms in total. The standard InChI is InChI=1S/C50H87N7O20/c1-8-17-32(4)77-50(69)46(54-34(6)58)49(75-37(47(50)67)22-29-73-48(68)31(2)3)76-45-43(66)42(65)33(5)74-44(45)36(60)30-51-23-11-9-14-27-56(71)40(63)20-18-38(61)52-24-12-10-15-28-57(72)41(64)21-19-39(62)53-25-13-16-26-55(70)35(7)59/h32-33,37,42-47,49,51,65-67,69-72H,2,8-30H2,1,3-7H3,(H,52,61)(H,53,62)(H,54,58)/t32-,33?,37?,42?,43+,44?,45-,46?,47+,49-,50+/m0/s1. The number of ether oxygens (including phenoxy) is 5. The Labute approximate surface area is 450 Å². The second-order valence-corrected chi connectivity index (χ2v) is 19.5. The third-order valence-electron chi connectivity index (χ3n) is 12.7. The van der Waals surface area contributed by atoms with Crippen molar-refractivity contribution in [3.8, 4) is 0 Å². The quantitative estimate of drug-likeness (QED) is 0.00943. The number of rotatable bonds is 37. The van der Waals surface area contributed by atoms with Crippen molar-refractivity contribution in [3.05, 3.63) is 12.2 Å². The average Bonchev–Trinajstić information content (AvgIpc) is 3.37. The van der Waals surface area contributed by atoms with Crippen LogP contribution in [0, 0.1) is 0 Å². The van der Waals surface area contributed by atoms with Gasteiger partial charge in [0.2, 0.25) is 41.2 Å². The number of nitrogens with zero attached hydrogens (tertiary/aromatic N) is 3. The van der Waals surface area contributed by atoms with Gasteiger partial charge >= 0.3 is 5.97 Å². The third kappa shape index (κ3) is 24.4. The first kappa shape index (κ1) is 68.3. The molecule has 442 valence electrons. The summed E-state index contributed by atoms with van der Waals surface area (Å²) in [5.74, 6) is -7.11. The lowest BCUT2D eigenvalue weighted by atomic mass is 9.89. The van der Waals surface area contributed by atoms with E-state index in [2.05, 4.69) is 27.8 Å². The van der Waals surface area contributed by atoms with Gasteiger partial charge in [0.25, 0.3) is 0 Å². The van der Waals surface area contributed by atoms with Gasteiger partial charge in [-0.25, -0.2) is 20.0 Å². The Morgan fingerprint density at radius 1 is 0.727 bits per heavy atom. The maximum absolute atomic E-state index is 13.7. The van der Waals surface area contributed by atoms with Crippen LogP contribution in [0.15, 0.2) is 12.2 Å². The number of Topliss-reactive ketones (excluding diaryl/α,β-unsaturated/α-hetero) is 1. The zero-order valence-corrected chi connectivity index (χ0v) is 45.5. The lowest BCUT2D eigenvalue weighted by molar-refractivity contribution is -0.389. The van der Waals surface area contributed by atoms with Crippen LogP contribution in [0.25, 0.3) is 0 Å². The van der Waals surface area contributed by atoms with Crippen LogP contribution in [-0.2, 0) is 62.0 Å². The van der Waals surface area contributed by atoms with E-state index in [4.69, 9.17) is 23.7 Å². The van der Waals surface area contributed by atoms with E-state index < -0.39 is 108 Å². The molecule has 0 spiro atoms. The van der Waals surface area contributed by atoms with Crippen molar-refractivity contribution in [2.75, 3.05) is 52.4 Å². The van der Waals surface area contributed by atoms with Crippen molar-refractivity contribution in [1.82, 2.24) is 36.5 Å². The number of esters is 1. The van der Waals surface area contributed by atoms with Crippen LogP contribution >= 0.6 is 0 Å². The molecule has 11 N–H and O–H groups in total. The van der Waals surface area contributed by atoms with Gasteiger partial charge < -0.3 is 65.4 Å². The number of ketones is 1. The molecule has 11 atom stereocenters. The molecule has 2 fully saturated rings. The van der Waals surface area contributed by atoms with Crippen LogP contribution < -0.4 is 21.3 Å².